The Labute approximate surface area is 147 Å². The number of amides is 1. The number of aliphatic hydroxyl groups excluding tert-OH is 2. The van der Waals surface area contributed by atoms with Crippen LogP contribution in [-0.2, 0) is 0 Å². The molecule has 1 amide bonds. The van der Waals surface area contributed by atoms with Crippen LogP contribution >= 0.6 is 67.8 Å². The average molecular weight is 587 g/mol. The second kappa shape index (κ2) is 8.17. The van der Waals surface area contributed by atoms with Gasteiger partial charge < -0.3 is 15.1 Å². The monoisotopic (exact) mass is 587 g/mol. The highest BCUT2D eigenvalue weighted by atomic mass is 127. The zero-order chi connectivity index (χ0) is 13.7. The fraction of sp³-hybridized carbons (Fsp3) is 0.364. The summed E-state index contributed by atoms with van der Waals surface area (Å²) in [6, 6.07) is 3.68. The van der Waals surface area contributed by atoms with Crippen molar-refractivity contribution in [3.05, 3.63) is 28.4 Å². The maximum atomic E-state index is 12.3. The minimum atomic E-state index is -0.156. The molecule has 0 fully saturated rings. The highest BCUT2D eigenvalue weighted by molar-refractivity contribution is 14.1. The molecule has 0 atom stereocenters. The van der Waals surface area contributed by atoms with E-state index in [1.807, 2.05) is 6.07 Å². The van der Waals surface area contributed by atoms with Crippen LogP contribution in [0.4, 0.5) is 0 Å². The molecule has 18 heavy (non-hydrogen) atoms. The van der Waals surface area contributed by atoms with Gasteiger partial charge in [-0.2, -0.15) is 0 Å². The molecular formula is C11H12I3NO3. The molecule has 1 aromatic carbocycles. The summed E-state index contributed by atoms with van der Waals surface area (Å²) in [4.78, 5) is 13.8. The van der Waals surface area contributed by atoms with Gasteiger partial charge in [0.05, 0.1) is 18.8 Å². The summed E-state index contributed by atoms with van der Waals surface area (Å²) in [7, 11) is 0. The number of halogens is 3. The minimum Gasteiger partial charge on any atom is -0.395 e. The van der Waals surface area contributed by atoms with E-state index in [4.69, 9.17) is 10.2 Å². The van der Waals surface area contributed by atoms with Crippen LogP contribution in [0, 0.1) is 10.7 Å². The van der Waals surface area contributed by atoms with Crippen LogP contribution in [0.1, 0.15) is 10.4 Å². The van der Waals surface area contributed by atoms with Crippen LogP contribution in [0.2, 0.25) is 0 Å². The molecule has 0 aliphatic heterocycles. The lowest BCUT2D eigenvalue weighted by atomic mass is 10.2. The van der Waals surface area contributed by atoms with Gasteiger partial charge in [-0.15, -0.1) is 0 Å². The molecule has 0 saturated carbocycles. The van der Waals surface area contributed by atoms with Crippen molar-refractivity contribution in [3.8, 4) is 0 Å². The summed E-state index contributed by atoms with van der Waals surface area (Å²) in [6.07, 6.45) is 0. The van der Waals surface area contributed by atoms with E-state index in [2.05, 4.69) is 67.8 Å². The van der Waals surface area contributed by atoms with Crippen LogP contribution in [0.3, 0.4) is 0 Å². The van der Waals surface area contributed by atoms with Crippen molar-refractivity contribution in [2.45, 2.75) is 0 Å². The summed E-state index contributed by atoms with van der Waals surface area (Å²) < 4.78 is 3.06. The lowest BCUT2D eigenvalue weighted by molar-refractivity contribution is 0.0683. The molecule has 2 N–H and O–H groups in total. The number of hydrogen-bond acceptors (Lipinski definition) is 3. The number of carbonyl (C=O) groups excluding carboxylic acids is 1. The second-order valence-corrected chi connectivity index (χ2v) is 6.78. The Morgan fingerprint density at radius 3 is 2.11 bits per heavy atom. The standard InChI is InChI=1S/C11H12I3NO3/c12-8-2-1-7(9(13)10(8)14)11(18)15(3-5-16)4-6-17/h1-2,16-17H,3-6H2. The van der Waals surface area contributed by atoms with Crippen LogP contribution in [0.15, 0.2) is 12.1 Å². The van der Waals surface area contributed by atoms with Crippen molar-refractivity contribution >= 4 is 73.7 Å². The molecule has 0 unspecified atom stereocenters. The smallest absolute Gasteiger partial charge is 0.255 e. The van der Waals surface area contributed by atoms with Gasteiger partial charge in [-0.25, -0.2) is 0 Å². The lowest BCUT2D eigenvalue weighted by Gasteiger charge is -2.21. The number of carbonyl (C=O) groups is 1. The van der Waals surface area contributed by atoms with Gasteiger partial charge in [-0.3, -0.25) is 4.79 Å². The predicted octanol–water partition coefficient (Wildman–Crippen LogP) is 1.93. The van der Waals surface area contributed by atoms with Crippen molar-refractivity contribution < 1.29 is 15.0 Å². The molecule has 0 spiro atoms. The molecule has 100 valence electrons. The summed E-state index contributed by atoms with van der Waals surface area (Å²) >= 11 is 6.58. The highest BCUT2D eigenvalue weighted by Gasteiger charge is 2.19. The molecule has 4 nitrogen and oxygen atoms in total. The van der Waals surface area contributed by atoms with Gasteiger partial charge >= 0.3 is 0 Å². The van der Waals surface area contributed by atoms with Gasteiger partial charge in [0.1, 0.15) is 0 Å². The third-order valence-corrected chi connectivity index (χ3v) is 7.50. The molecule has 0 aromatic heterocycles. The number of benzene rings is 1. The largest absolute Gasteiger partial charge is 0.395 e. The molecule has 0 bridgehead atoms. The van der Waals surface area contributed by atoms with Crippen molar-refractivity contribution in [1.29, 1.82) is 0 Å². The highest BCUT2D eigenvalue weighted by Crippen LogP contribution is 2.25. The Hall–Kier alpha value is 0.800. The van der Waals surface area contributed by atoms with Crippen LogP contribution < -0.4 is 0 Å². The summed E-state index contributed by atoms with van der Waals surface area (Å²) in [5.41, 5.74) is 0.613. The summed E-state index contributed by atoms with van der Waals surface area (Å²) in [6.45, 7) is 0.254. The summed E-state index contributed by atoms with van der Waals surface area (Å²) in [5, 5.41) is 17.9. The van der Waals surface area contributed by atoms with Gasteiger partial charge in [0.2, 0.25) is 0 Å². The van der Waals surface area contributed by atoms with Crippen LogP contribution in [0.25, 0.3) is 0 Å². The first kappa shape index (κ1) is 16.9. The molecular weight excluding hydrogens is 575 g/mol. The molecule has 0 aliphatic carbocycles. The fourth-order valence-electron chi connectivity index (χ4n) is 1.42. The van der Waals surface area contributed by atoms with Gasteiger partial charge in [0.25, 0.3) is 5.91 Å². The van der Waals surface area contributed by atoms with E-state index in [9.17, 15) is 4.79 Å². The molecule has 7 heteroatoms. The second-order valence-electron chi connectivity index (χ2n) is 3.46. The average Bonchev–Trinajstić information content (AvgIpc) is 2.35. The molecule has 0 aliphatic rings. The van der Waals surface area contributed by atoms with Crippen LogP contribution in [-0.4, -0.2) is 47.3 Å². The zero-order valence-electron chi connectivity index (χ0n) is 9.37. The van der Waals surface area contributed by atoms with E-state index in [-0.39, 0.29) is 32.2 Å². The van der Waals surface area contributed by atoms with E-state index in [0.717, 1.165) is 10.7 Å². The topological polar surface area (TPSA) is 60.8 Å². The van der Waals surface area contributed by atoms with E-state index < -0.39 is 0 Å². The summed E-state index contributed by atoms with van der Waals surface area (Å²) in [5.74, 6) is -0.156. The first-order chi connectivity index (χ1) is 8.52. The van der Waals surface area contributed by atoms with Crippen molar-refractivity contribution in [2.24, 2.45) is 0 Å². The van der Waals surface area contributed by atoms with Gasteiger partial charge in [-0.1, -0.05) is 0 Å². The number of rotatable bonds is 5. The molecule has 0 heterocycles. The predicted molar refractivity (Wildman–Crippen MR) is 94.7 cm³/mol. The number of hydrogen-bond donors (Lipinski definition) is 2. The van der Waals surface area contributed by atoms with E-state index in [1.165, 1.54) is 4.90 Å². The number of nitrogens with zero attached hydrogens (tertiary/aromatic N) is 1. The quantitative estimate of drug-likeness (QED) is 0.410. The van der Waals surface area contributed by atoms with Gasteiger partial charge in [0.15, 0.2) is 0 Å². The SMILES string of the molecule is O=C(c1ccc(I)c(I)c1I)N(CCO)CCO. The third kappa shape index (κ3) is 4.15. The Bertz CT molecular complexity index is 434. The van der Waals surface area contributed by atoms with Gasteiger partial charge in [-0.05, 0) is 79.9 Å². The first-order valence-corrected chi connectivity index (χ1v) is 8.41. The maximum absolute atomic E-state index is 12.3. The normalized spacial score (nSPS) is 10.5. The van der Waals surface area contributed by atoms with Gasteiger partial charge in [0, 0.05) is 23.8 Å². The Morgan fingerprint density at radius 2 is 1.61 bits per heavy atom. The van der Waals surface area contributed by atoms with Crippen molar-refractivity contribution in [3.63, 3.8) is 0 Å². The Kier molecular flexibility index (Phi) is 7.65. The zero-order valence-corrected chi connectivity index (χ0v) is 15.8. The van der Waals surface area contributed by atoms with E-state index in [0.29, 0.717) is 5.56 Å². The van der Waals surface area contributed by atoms with E-state index in [1.54, 1.807) is 6.07 Å². The Balaban J connectivity index is 3.05. The number of aliphatic hydroxyl groups is 2. The first-order valence-electron chi connectivity index (χ1n) is 5.17. The van der Waals surface area contributed by atoms with Crippen molar-refractivity contribution in [1.82, 2.24) is 4.90 Å². The molecule has 1 rings (SSSR count). The van der Waals surface area contributed by atoms with E-state index >= 15 is 0 Å². The fourth-order valence-corrected chi connectivity index (χ4v) is 3.55. The molecule has 1 aromatic rings. The molecule has 0 radical (unpaired) electrons. The lowest BCUT2D eigenvalue weighted by Crippen LogP contribution is -2.36. The Morgan fingerprint density at radius 1 is 1.06 bits per heavy atom. The van der Waals surface area contributed by atoms with Crippen molar-refractivity contribution in [2.75, 3.05) is 26.3 Å². The maximum Gasteiger partial charge on any atom is 0.255 e. The minimum absolute atomic E-state index is 0.107. The molecule has 0 saturated heterocycles. The third-order valence-electron chi connectivity index (χ3n) is 2.29. The van der Waals surface area contributed by atoms with Crippen LogP contribution in [0.5, 0.6) is 0 Å².